The molecule has 0 saturated heterocycles. The van der Waals surface area contributed by atoms with Crippen LogP contribution < -0.4 is 16.0 Å². The van der Waals surface area contributed by atoms with E-state index in [2.05, 4.69) is 20.9 Å². The number of carbonyl (C=O) groups excluding carboxylic acids is 4. The minimum atomic E-state index is -1.76. The summed E-state index contributed by atoms with van der Waals surface area (Å²) in [6, 6.07) is 11.7. The second kappa shape index (κ2) is 11.0. The van der Waals surface area contributed by atoms with Crippen LogP contribution in [0, 0.1) is 0 Å². The quantitative estimate of drug-likeness (QED) is 0.488. The molecule has 3 N–H and O–H groups in total. The van der Waals surface area contributed by atoms with Crippen molar-refractivity contribution < 1.29 is 28.7 Å². The van der Waals surface area contributed by atoms with Crippen molar-refractivity contribution >= 4 is 23.9 Å². The Morgan fingerprint density at radius 1 is 0.857 bits per heavy atom. The molecule has 0 aliphatic heterocycles. The van der Waals surface area contributed by atoms with E-state index in [4.69, 9.17) is 9.47 Å². The molecule has 0 spiro atoms. The molecular weight excluding hydrogens is 452 g/mol. The van der Waals surface area contributed by atoms with Crippen LogP contribution in [0.5, 0.6) is 0 Å². The standard InChI is InChI=1S/C25H32N4O6/c1-23(2,3)35-22(33)27-16-19(30)28-25(17-10-8-7-9-11-17,18-12-14-26-15-13-18)20(31)29-24(4,5)21(32)34-6/h7-15H,16H2,1-6H3,(H,27,33)(H,28,30)(H,29,31). The molecule has 1 heterocycles. The van der Waals surface area contributed by atoms with Crippen molar-refractivity contribution in [2.75, 3.05) is 13.7 Å². The van der Waals surface area contributed by atoms with Crippen LogP contribution in [0.25, 0.3) is 0 Å². The van der Waals surface area contributed by atoms with Crippen LogP contribution in [0.3, 0.4) is 0 Å². The van der Waals surface area contributed by atoms with E-state index in [9.17, 15) is 19.2 Å². The average Bonchev–Trinajstić information content (AvgIpc) is 2.80. The first-order valence-corrected chi connectivity index (χ1v) is 11.0. The Balaban J connectivity index is 2.50. The number of nitrogens with one attached hydrogen (secondary N) is 3. The molecule has 35 heavy (non-hydrogen) atoms. The van der Waals surface area contributed by atoms with Gasteiger partial charge in [0.05, 0.1) is 7.11 Å². The maximum absolute atomic E-state index is 13.9. The Kier molecular flexibility index (Phi) is 8.57. The summed E-state index contributed by atoms with van der Waals surface area (Å²) in [5, 5.41) is 7.83. The molecule has 3 amide bonds. The van der Waals surface area contributed by atoms with Crippen LogP contribution in [0.15, 0.2) is 54.9 Å². The molecule has 2 aromatic rings. The number of amides is 3. The second-order valence-electron chi connectivity index (χ2n) is 9.33. The lowest BCUT2D eigenvalue weighted by molar-refractivity contribution is -0.150. The first-order valence-electron chi connectivity index (χ1n) is 11.0. The highest BCUT2D eigenvalue weighted by atomic mass is 16.6. The van der Waals surface area contributed by atoms with Gasteiger partial charge in [-0.05, 0) is 57.9 Å². The lowest BCUT2D eigenvalue weighted by Crippen LogP contribution is -2.63. The number of ether oxygens (including phenoxy) is 2. The van der Waals surface area contributed by atoms with Gasteiger partial charge in [0.15, 0.2) is 5.54 Å². The fraction of sp³-hybridized carbons (Fsp3) is 0.400. The highest BCUT2D eigenvalue weighted by Crippen LogP contribution is 2.31. The summed E-state index contributed by atoms with van der Waals surface area (Å²) in [4.78, 5) is 55.3. The van der Waals surface area contributed by atoms with Gasteiger partial charge < -0.3 is 25.4 Å². The maximum Gasteiger partial charge on any atom is 0.408 e. The van der Waals surface area contributed by atoms with Gasteiger partial charge in [-0.1, -0.05) is 30.3 Å². The highest BCUT2D eigenvalue weighted by Gasteiger charge is 2.46. The summed E-state index contributed by atoms with van der Waals surface area (Å²) in [6.45, 7) is 7.62. The van der Waals surface area contributed by atoms with Crippen molar-refractivity contribution in [3.05, 3.63) is 66.0 Å². The van der Waals surface area contributed by atoms with E-state index >= 15 is 0 Å². The molecule has 1 atom stereocenters. The molecule has 2 rings (SSSR count). The van der Waals surface area contributed by atoms with Crippen LogP contribution >= 0.6 is 0 Å². The van der Waals surface area contributed by atoms with Crippen molar-refractivity contribution in [2.45, 2.75) is 51.3 Å². The predicted octanol–water partition coefficient (Wildman–Crippen LogP) is 2.03. The SMILES string of the molecule is COC(=O)C(C)(C)NC(=O)C(NC(=O)CNC(=O)OC(C)(C)C)(c1ccccc1)c1ccncc1. The van der Waals surface area contributed by atoms with Gasteiger partial charge >= 0.3 is 12.1 Å². The van der Waals surface area contributed by atoms with Crippen LogP contribution in [0.2, 0.25) is 0 Å². The van der Waals surface area contributed by atoms with E-state index in [1.165, 1.54) is 33.4 Å². The van der Waals surface area contributed by atoms with Gasteiger partial charge in [-0.25, -0.2) is 9.59 Å². The molecule has 0 aliphatic carbocycles. The molecule has 1 unspecified atom stereocenters. The molecule has 1 aromatic heterocycles. The van der Waals surface area contributed by atoms with Gasteiger partial charge in [0.2, 0.25) is 5.91 Å². The summed E-state index contributed by atoms with van der Waals surface area (Å²) >= 11 is 0. The van der Waals surface area contributed by atoms with E-state index in [1.54, 1.807) is 63.2 Å². The molecule has 0 saturated carbocycles. The molecule has 1 aromatic carbocycles. The number of hydrogen-bond donors (Lipinski definition) is 3. The Hall–Kier alpha value is -3.95. The first-order chi connectivity index (χ1) is 16.3. The number of esters is 1. The number of pyridine rings is 1. The Morgan fingerprint density at radius 3 is 1.97 bits per heavy atom. The predicted molar refractivity (Wildman–Crippen MR) is 128 cm³/mol. The number of alkyl carbamates (subject to hydrolysis) is 1. The molecule has 188 valence electrons. The van der Waals surface area contributed by atoms with E-state index in [0.717, 1.165) is 0 Å². The summed E-state index contributed by atoms with van der Waals surface area (Å²) < 4.78 is 9.98. The van der Waals surface area contributed by atoms with Crippen molar-refractivity contribution in [2.24, 2.45) is 0 Å². The smallest absolute Gasteiger partial charge is 0.408 e. The first kappa shape index (κ1) is 27.3. The van der Waals surface area contributed by atoms with Crippen LogP contribution in [0.4, 0.5) is 4.79 Å². The van der Waals surface area contributed by atoms with Crippen molar-refractivity contribution in [1.29, 1.82) is 0 Å². The number of nitrogens with zero attached hydrogens (tertiary/aromatic N) is 1. The normalized spacial score (nSPS) is 13.1. The summed E-state index contributed by atoms with van der Waals surface area (Å²) in [5.74, 6) is -2.01. The number of benzene rings is 1. The largest absolute Gasteiger partial charge is 0.467 e. The Morgan fingerprint density at radius 2 is 1.43 bits per heavy atom. The van der Waals surface area contributed by atoms with Crippen molar-refractivity contribution in [3.63, 3.8) is 0 Å². The monoisotopic (exact) mass is 484 g/mol. The lowest BCUT2D eigenvalue weighted by atomic mass is 9.81. The van der Waals surface area contributed by atoms with E-state index in [-0.39, 0.29) is 0 Å². The summed E-state index contributed by atoms with van der Waals surface area (Å²) in [5.41, 5.74) is -3.09. The van der Waals surface area contributed by atoms with Crippen molar-refractivity contribution in [3.8, 4) is 0 Å². The van der Waals surface area contributed by atoms with Crippen LogP contribution in [0.1, 0.15) is 45.7 Å². The molecule has 10 nitrogen and oxygen atoms in total. The summed E-state index contributed by atoms with van der Waals surface area (Å²) in [6.07, 6.45) is 2.19. The number of aromatic nitrogens is 1. The van der Waals surface area contributed by atoms with Crippen LogP contribution in [-0.2, 0) is 29.4 Å². The van der Waals surface area contributed by atoms with Gasteiger partial charge in [0.1, 0.15) is 17.7 Å². The molecule has 0 fully saturated rings. The molecule has 0 radical (unpaired) electrons. The minimum Gasteiger partial charge on any atom is -0.467 e. The fourth-order valence-electron chi connectivity index (χ4n) is 3.32. The molecule has 0 aliphatic rings. The van der Waals surface area contributed by atoms with Crippen molar-refractivity contribution in [1.82, 2.24) is 20.9 Å². The second-order valence-corrected chi connectivity index (χ2v) is 9.33. The maximum atomic E-state index is 13.9. The Bertz CT molecular complexity index is 1010. The number of hydrogen-bond acceptors (Lipinski definition) is 7. The van der Waals surface area contributed by atoms with Gasteiger partial charge in [-0.2, -0.15) is 0 Å². The van der Waals surface area contributed by atoms with E-state index in [0.29, 0.717) is 11.1 Å². The third-order valence-electron chi connectivity index (χ3n) is 4.90. The molecule has 10 heteroatoms. The minimum absolute atomic E-state index is 0.391. The van der Waals surface area contributed by atoms with E-state index in [1.807, 2.05) is 0 Å². The zero-order valence-electron chi connectivity index (χ0n) is 20.8. The lowest BCUT2D eigenvalue weighted by Gasteiger charge is -2.37. The fourth-order valence-corrected chi connectivity index (χ4v) is 3.32. The zero-order chi connectivity index (χ0) is 26.3. The number of carbonyl (C=O) groups is 4. The molecular formula is C25H32N4O6. The van der Waals surface area contributed by atoms with Gasteiger partial charge in [0.25, 0.3) is 5.91 Å². The van der Waals surface area contributed by atoms with Gasteiger partial charge in [-0.3, -0.25) is 14.6 Å². The van der Waals surface area contributed by atoms with Gasteiger partial charge in [-0.15, -0.1) is 0 Å². The van der Waals surface area contributed by atoms with Gasteiger partial charge in [0, 0.05) is 12.4 Å². The Labute approximate surface area is 204 Å². The molecule has 0 bridgehead atoms. The third-order valence-corrected chi connectivity index (χ3v) is 4.90. The number of methoxy groups -OCH3 is 1. The highest BCUT2D eigenvalue weighted by molar-refractivity contribution is 5.99. The topological polar surface area (TPSA) is 136 Å². The zero-order valence-corrected chi connectivity index (χ0v) is 20.8. The van der Waals surface area contributed by atoms with Crippen LogP contribution in [-0.4, -0.2) is 53.7 Å². The average molecular weight is 485 g/mol. The number of rotatable bonds is 8. The van der Waals surface area contributed by atoms with E-state index < -0.39 is 47.1 Å². The summed E-state index contributed by atoms with van der Waals surface area (Å²) in [7, 11) is 1.22. The third kappa shape index (κ3) is 7.02.